The van der Waals surface area contributed by atoms with Crippen LogP contribution in [-0.2, 0) is 17.4 Å². The lowest BCUT2D eigenvalue weighted by molar-refractivity contribution is -0.109. The highest BCUT2D eigenvalue weighted by Gasteiger charge is 2.44. The molecule has 1 unspecified atom stereocenters. The highest BCUT2D eigenvalue weighted by atomic mass is 32.2. The summed E-state index contributed by atoms with van der Waals surface area (Å²) < 4.78 is 2.03. The second-order valence-corrected chi connectivity index (χ2v) is 10.6. The Labute approximate surface area is 217 Å². The van der Waals surface area contributed by atoms with E-state index in [1.165, 1.54) is 34.0 Å². The van der Waals surface area contributed by atoms with Crippen molar-refractivity contribution in [2.75, 3.05) is 13.1 Å². The van der Waals surface area contributed by atoms with Crippen LogP contribution in [0.3, 0.4) is 0 Å². The lowest BCUT2D eigenvalue weighted by Crippen LogP contribution is -2.52. The van der Waals surface area contributed by atoms with E-state index in [-0.39, 0.29) is 10.4 Å². The number of carbonyl (C=O) groups is 1. The molecule has 1 fully saturated rings. The van der Waals surface area contributed by atoms with Gasteiger partial charge in [-0.2, -0.15) is 0 Å². The van der Waals surface area contributed by atoms with Crippen molar-refractivity contribution < 1.29 is 4.79 Å². The summed E-state index contributed by atoms with van der Waals surface area (Å²) in [6.45, 7) is 3.26. The van der Waals surface area contributed by atoms with Gasteiger partial charge in [-0.25, -0.2) is 4.98 Å². The van der Waals surface area contributed by atoms with Gasteiger partial charge in [-0.05, 0) is 34.8 Å². The van der Waals surface area contributed by atoms with Gasteiger partial charge >= 0.3 is 0 Å². The van der Waals surface area contributed by atoms with Gasteiger partial charge in [-0.3, -0.25) is 9.69 Å². The molecule has 5 heteroatoms. The number of hydrogen-bond donors (Lipinski definition) is 0. The highest BCUT2D eigenvalue weighted by molar-refractivity contribution is 8.14. The Balaban J connectivity index is 1.70. The van der Waals surface area contributed by atoms with Gasteiger partial charge in [-0.1, -0.05) is 103 Å². The highest BCUT2D eigenvalue weighted by Crippen LogP contribution is 2.45. The van der Waals surface area contributed by atoms with Gasteiger partial charge in [-0.15, -0.1) is 0 Å². The SMILES string of the molecule is CC(=O)SC1CCN(C(c2ccccc2)(c2ccccc2)c2ccccc2)CC1=Cc1nccn1C. The van der Waals surface area contributed by atoms with Crippen molar-refractivity contribution in [3.63, 3.8) is 0 Å². The minimum atomic E-state index is -0.476. The van der Waals surface area contributed by atoms with Crippen LogP contribution in [0.4, 0.5) is 0 Å². The third kappa shape index (κ3) is 4.69. The summed E-state index contributed by atoms with van der Waals surface area (Å²) in [6.07, 6.45) is 6.85. The third-order valence-electron chi connectivity index (χ3n) is 6.98. The molecule has 0 saturated carbocycles. The Morgan fingerprint density at radius 1 is 0.917 bits per heavy atom. The summed E-state index contributed by atoms with van der Waals surface area (Å²) in [7, 11) is 2.01. The third-order valence-corrected chi connectivity index (χ3v) is 8.13. The van der Waals surface area contributed by atoms with E-state index in [2.05, 4.69) is 107 Å². The summed E-state index contributed by atoms with van der Waals surface area (Å²) in [5.41, 5.74) is 4.45. The summed E-state index contributed by atoms with van der Waals surface area (Å²) in [4.78, 5) is 19.3. The molecule has 4 aromatic rings. The number of aromatic nitrogens is 2. The summed E-state index contributed by atoms with van der Waals surface area (Å²) in [5, 5.41) is 0.287. The zero-order valence-corrected chi connectivity index (χ0v) is 21.6. The molecule has 4 nitrogen and oxygen atoms in total. The molecule has 182 valence electrons. The molecule has 0 spiro atoms. The van der Waals surface area contributed by atoms with E-state index in [0.717, 1.165) is 25.3 Å². The summed E-state index contributed by atoms with van der Waals surface area (Å²) >= 11 is 1.44. The summed E-state index contributed by atoms with van der Waals surface area (Å²) in [5.74, 6) is 0.908. The number of nitrogens with zero attached hydrogens (tertiary/aromatic N) is 3. The van der Waals surface area contributed by atoms with Crippen LogP contribution < -0.4 is 0 Å². The largest absolute Gasteiger partial charge is 0.335 e. The Hall–Kier alpha value is -3.41. The Kier molecular flexibility index (Phi) is 7.21. The van der Waals surface area contributed by atoms with Gasteiger partial charge in [0.15, 0.2) is 5.12 Å². The van der Waals surface area contributed by atoms with E-state index in [0.29, 0.717) is 0 Å². The molecule has 3 aromatic carbocycles. The topological polar surface area (TPSA) is 38.1 Å². The van der Waals surface area contributed by atoms with Crippen LogP contribution in [0, 0.1) is 0 Å². The van der Waals surface area contributed by atoms with E-state index >= 15 is 0 Å². The molecule has 0 amide bonds. The molecule has 1 atom stereocenters. The van der Waals surface area contributed by atoms with Gasteiger partial charge in [0.25, 0.3) is 0 Å². The number of aryl methyl sites for hydroxylation is 1. The first kappa shape index (κ1) is 24.3. The predicted octanol–water partition coefficient (Wildman–Crippen LogP) is 6.15. The molecule has 1 aliphatic rings. The van der Waals surface area contributed by atoms with Crippen LogP contribution in [0.25, 0.3) is 6.08 Å². The van der Waals surface area contributed by atoms with Crippen LogP contribution in [0.2, 0.25) is 0 Å². The zero-order chi connectivity index (χ0) is 25.0. The maximum absolute atomic E-state index is 12.2. The fourth-order valence-corrected chi connectivity index (χ4v) is 6.31. The lowest BCUT2D eigenvalue weighted by Gasteiger charge is -2.49. The number of rotatable bonds is 6. The molecule has 1 aromatic heterocycles. The van der Waals surface area contributed by atoms with Crippen molar-refractivity contribution in [1.82, 2.24) is 14.5 Å². The first-order valence-corrected chi connectivity index (χ1v) is 13.2. The van der Waals surface area contributed by atoms with Crippen molar-refractivity contribution in [3.8, 4) is 0 Å². The number of thioether (sulfide) groups is 1. The van der Waals surface area contributed by atoms with Crippen molar-refractivity contribution in [1.29, 1.82) is 0 Å². The molecule has 36 heavy (non-hydrogen) atoms. The molecule has 1 aliphatic heterocycles. The van der Waals surface area contributed by atoms with Crippen molar-refractivity contribution in [3.05, 3.63) is 131 Å². The van der Waals surface area contributed by atoms with Crippen LogP contribution in [-0.4, -0.2) is 37.9 Å². The number of likely N-dealkylation sites (tertiary alicyclic amines) is 1. The van der Waals surface area contributed by atoms with E-state index in [4.69, 9.17) is 0 Å². The second kappa shape index (κ2) is 10.7. The first-order chi connectivity index (χ1) is 17.6. The van der Waals surface area contributed by atoms with Crippen molar-refractivity contribution in [2.45, 2.75) is 24.1 Å². The summed E-state index contributed by atoms with van der Waals surface area (Å²) in [6, 6.07) is 32.4. The molecule has 0 radical (unpaired) electrons. The molecule has 0 aliphatic carbocycles. The number of hydrogen-bond acceptors (Lipinski definition) is 4. The Morgan fingerprint density at radius 3 is 1.89 bits per heavy atom. The van der Waals surface area contributed by atoms with E-state index in [1.807, 2.05) is 24.0 Å². The van der Waals surface area contributed by atoms with Crippen molar-refractivity contribution >= 4 is 23.0 Å². The van der Waals surface area contributed by atoms with Crippen LogP contribution >= 0.6 is 11.8 Å². The van der Waals surface area contributed by atoms with Gasteiger partial charge in [0.1, 0.15) is 5.82 Å². The number of piperidine rings is 1. The molecule has 0 bridgehead atoms. The molecule has 0 N–H and O–H groups in total. The number of benzene rings is 3. The molecular weight excluding hydrogens is 462 g/mol. The van der Waals surface area contributed by atoms with E-state index in [1.54, 1.807) is 6.92 Å². The van der Waals surface area contributed by atoms with E-state index in [9.17, 15) is 4.79 Å². The van der Waals surface area contributed by atoms with Crippen LogP contribution in [0.15, 0.2) is 109 Å². The minimum Gasteiger partial charge on any atom is -0.335 e. The first-order valence-electron chi connectivity index (χ1n) is 12.4. The quantitative estimate of drug-likeness (QED) is 0.302. The van der Waals surface area contributed by atoms with E-state index < -0.39 is 5.54 Å². The maximum atomic E-state index is 12.2. The van der Waals surface area contributed by atoms with Gasteiger partial charge in [0.05, 0.1) is 5.54 Å². The Bertz CT molecular complexity index is 1240. The zero-order valence-electron chi connectivity index (χ0n) is 20.7. The standard InChI is InChI=1S/C31H31N3OS/c1-24(35)36-29-18-20-34(23-25(29)22-30-32-19-21-33(30)2)31(26-12-6-3-7-13-26,27-14-8-4-9-15-27)28-16-10-5-11-17-28/h3-17,19,21-22,29H,18,20,23H2,1-2H3. The second-order valence-electron chi connectivity index (χ2n) is 9.23. The van der Waals surface area contributed by atoms with Gasteiger partial charge in [0.2, 0.25) is 0 Å². The average Bonchev–Trinajstić information content (AvgIpc) is 3.32. The van der Waals surface area contributed by atoms with Crippen LogP contribution in [0.1, 0.15) is 35.9 Å². The minimum absolute atomic E-state index is 0.135. The fraction of sp³-hybridized carbons (Fsp3) is 0.226. The van der Waals surface area contributed by atoms with Crippen molar-refractivity contribution in [2.24, 2.45) is 7.05 Å². The predicted molar refractivity (Wildman–Crippen MR) is 149 cm³/mol. The monoisotopic (exact) mass is 493 g/mol. The van der Waals surface area contributed by atoms with Crippen LogP contribution in [0.5, 0.6) is 0 Å². The molecule has 2 heterocycles. The maximum Gasteiger partial charge on any atom is 0.186 e. The number of carbonyl (C=O) groups excluding carboxylic acids is 1. The smallest absolute Gasteiger partial charge is 0.186 e. The van der Waals surface area contributed by atoms with Gasteiger partial charge < -0.3 is 4.57 Å². The average molecular weight is 494 g/mol. The number of imidazole rings is 1. The lowest BCUT2D eigenvalue weighted by atomic mass is 9.74. The molecular formula is C31H31N3OS. The molecule has 5 rings (SSSR count). The Morgan fingerprint density at radius 2 is 1.44 bits per heavy atom. The fourth-order valence-electron chi connectivity index (χ4n) is 5.39. The normalized spacial score (nSPS) is 17.8. The molecule has 1 saturated heterocycles. The van der Waals surface area contributed by atoms with Gasteiger partial charge in [0, 0.05) is 44.7 Å².